The van der Waals surface area contributed by atoms with Gasteiger partial charge in [-0.15, -0.1) is 0 Å². The summed E-state index contributed by atoms with van der Waals surface area (Å²) in [6, 6.07) is 8.25. The van der Waals surface area contributed by atoms with Crippen molar-refractivity contribution < 1.29 is 14.0 Å². The molecule has 160 valence electrons. The summed E-state index contributed by atoms with van der Waals surface area (Å²) >= 11 is 0. The fraction of sp³-hybridized carbons (Fsp3) is 0.522. The van der Waals surface area contributed by atoms with Gasteiger partial charge in [0.2, 0.25) is 5.91 Å². The van der Waals surface area contributed by atoms with Gasteiger partial charge >= 0.3 is 0 Å². The Kier molecular flexibility index (Phi) is 6.45. The molecule has 2 heterocycles. The minimum Gasteiger partial charge on any atom is -0.348 e. The topological polar surface area (TPSA) is 78.1 Å². The van der Waals surface area contributed by atoms with Crippen molar-refractivity contribution in [1.82, 2.24) is 20.4 Å². The summed E-state index contributed by atoms with van der Waals surface area (Å²) in [6.45, 7) is 0.704. The van der Waals surface area contributed by atoms with Crippen LogP contribution in [0.3, 0.4) is 0 Å². The quantitative estimate of drug-likeness (QED) is 0.755. The van der Waals surface area contributed by atoms with Crippen LogP contribution in [0.2, 0.25) is 0 Å². The largest absolute Gasteiger partial charge is 0.348 e. The van der Waals surface area contributed by atoms with Gasteiger partial charge in [0.15, 0.2) is 0 Å². The third-order valence-electron chi connectivity index (χ3n) is 6.24. The average molecular weight is 413 g/mol. The van der Waals surface area contributed by atoms with Gasteiger partial charge in [0.25, 0.3) is 5.91 Å². The molecule has 1 aromatic carbocycles. The zero-order valence-corrected chi connectivity index (χ0v) is 17.2. The molecule has 0 radical (unpaired) electrons. The summed E-state index contributed by atoms with van der Waals surface area (Å²) in [7, 11) is 0. The molecule has 0 spiro atoms. The smallest absolute Gasteiger partial charge is 0.271 e. The van der Waals surface area contributed by atoms with Crippen molar-refractivity contribution >= 4 is 11.8 Å². The van der Waals surface area contributed by atoms with E-state index in [0.29, 0.717) is 25.1 Å². The number of hydrogen-bond acceptors (Lipinski definition) is 3. The second-order valence-electron chi connectivity index (χ2n) is 8.39. The predicted molar refractivity (Wildman–Crippen MR) is 111 cm³/mol. The van der Waals surface area contributed by atoms with Gasteiger partial charge in [0, 0.05) is 19.0 Å². The molecule has 1 saturated heterocycles. The van der Waals surface area contributed by atoms with E-state index < -0.39 is 0 Å². The maximum atomic E-state index is 13.1. The third kappa shape index (κ3) is 4.89. The number of likely N-dealkylation sites (tertiary alicyclic amines) is 1. The van der Waals surface area contributed by atoms with Crippen molar-refractivity contribution in [3.8, 4) is 0 Å². The molecule has 2 aliphatic rings. The highest BCUT2D eigenvalue weighted by Crippen LogP contribution is 2.31. The van der Waals surface area contributed by atoms with E-state index in [4.69, 9.17) is 0 Å². The van der Waals surface area contributed by atoms with Gasteiger partial charge in [-0.05, 0) is 62.3 Å². The molecule has 1 aromatic heterocycles. The van der Waals surface area contributed by atoms with Crippen LogP contribution in [0.25, 0.3) is 0 Å². The van der Waals surface area contributed by atoms with Gasteiger partial charge < -0.3 is 10.2 Å². The highest BCUT2D eigenvalue weighted by Gasteiger charge is 2.30. The van der Waals surface area contributed by atoms with E-state index in [0.717, 1.165) is 56.2 Å². The molecule has 2 aromatic rings. The van der Waals surface area contributed by atoms with Gasteiger partial charge in [0.1, 0.15) is 11.5 Å². The molecule has 0 bridgehead atoms. The Balaban J connectivity index is 1.39. The van der Waals surface area contributed by atoms with Gasteiger partial charge in [-0.1, -0.05) is 25.0 Å². The molecule has 1 aliphatic heterocycles. The second-order valence-corrected chi connectivity index (χ2v) is 8.39. The summed E-state index contributed by atoms with van der Waals surface area (Å²) in [5, 5.41) is 10.3. The van der Waals surface area contributed by atoms with Crippen LogP contribution < -0.4 is 5.32 Å². The maximum Gasteiger partial charge on any atom is 0.271 e. The molecule has 2 fully saturated rings. The number of H-pyrrole nitrogens is 1. The van der Waals surface area contributed by atoms with E-state index in [1.54, 1.807) is 18.2 Å². The second kappa shape index (κ2) is 9.41. The number of nitrogens with one attached hydrogen (secondary N) is 2. The highest BCUT2D eigenvalue weighted by atomic mass is 19.1. The Morgan fingerprint density at radius 3 is 2.60 bits per heavy atom. The highest BCUT2D eigenvalue weighted by molar-refractivity contribution is 5.92. The first-order valence-corrected chi connectivity index (χ1v) is 11.0. The van der Waals surface area contributed by atoms with Crippen molar-refractivity contribution in [2.75, 3.05) is 6.54 Å². The number of aromatic amines is 1. The number of piperidine rings is 1. The lowest BCUT2D eigenvalue weighted by Crippen LogP contribution is -2.38. The van der Waals surface area contributed by atoms with Crippen LogP contribution in [0.1, 0.15) is 79.2 Å². The SMILES string of the molecule is O=C(NC1CCCC1)c1cc(C2CCCCN2C(=O)CCc2ccc(F)cc2)[nH]n1. The lowest BCUT2D eigenvalue weighted by molar-refractivity contribution is -0.135. The van der Waals surface area contributed by atoms with E-state index in [-0.39, 0.29) is 29.7 Å². The zero-order valence-electron chi connectivity index (χ0n) is 17.2. The van der Waals surface area contributed by atoms with Gasteiger partial charge in [-0.3, -0.25) is 14.7 Å². The molecule has 1 atom stereocenters. The normalized spacial score (nSPS) is 19.8. The van der Waals surface area contributed by atoms with E-state index >= 15 is 0 Å². The molecule has 2 N–H and O–H groups in total. The Bertz CT molecular complexity index is 874. The first-order valence-electron chi connectivity index (χ1n) is 11.0. The number of amides is 2. The number of aryl methyl sites for hydroxylation is 1. The molecule has 2 amide bonds. The van der Waals surface area contributed by atoms with E-state index in [1.165, 1.54) is 12.1 Å². The van der Waals surface area contributed by atoms with Crippen molar-refractivity contribution in [1.29, 1.82) is 0 Å². The Morgan fingerprint density at radius 1 is 1.10 bits per heavy atom. The van der Waals surface area contributed by atoms with Crippen LogP contribution in [-0.2, 0) is 11.2 Å². The average Bonchev–Trinajstić information content (AvgIpc) is 3.45. The Hall–Kier alpha value is -2.70. The first kappa shape index (κ1) is 20.6. The Labute approximate surface area is 176 Å². The Morgan fingerprint density at radius 2 is 1.83 bits per heavy atom. The van der Waals surface area contributed by atoms with Crippen LogP contribution in [0.5, 0.6) is 0 Å². The molecule has 7 heteroatoms. The standard InChI is InChI=1S/C23H29FN4O2/c24-17-11-8-16(9-12-17)10-13-22(29)28-14-4-3-7-21(28)19-15-20(27-26-19)23(30)25-18-5-1-2-6-18/h8-9,11-12,15,18,21H,1-7,10,13-14H2,(H,25,30)(H,26,27). The number of hydrogen-bond donors (Lipinski definition) is 2. The minimum absolute atomic E-state index is 0.0792. The first-order chi connectivity index (χ1) is 14.6. The van der Waals surface area contributed by atoms with E-state index in [2.05, 4.69) is 15.5 Å². The number of nitrogens with zero attached hydrogens (tertiary/aromatic N) is 2. The van der Waals surface area contributed by atoms with Crippen LogP contribution in [0.4, 0.5) is 4.39 Å². The van der Waals surface area contributed by atoms with Gasteiger partial charge in [-0.2, -0.15) is 5.10 Å². The summed E-state index contributed by atoms with van der Waals surface area (Å²) in [4.78, 5) is 27.3. The molecular weight excluding hydrogens is 383 g/mol. The van der Waals surface area contributed by atoms with E-state index in [1.807, 2.05) is 4.90 Å². The fourth-order valence-corrected chi connectivity index (χ4v) is 4.55. The minimum atomic E-state index is -0.270. The lowest BCUT2D eigenvalue weighted by atomic mass is 9.98. The molecule has 1 unspecified atom stereocenters. The molecule has 30 heavy (non-hydrogen) atoms. The molecular formula is C23H29FN4O2. The number of benzene rings is 1. The number of carbonyl (C=O) groups is 2. The van der Waals surface area contributed by atoms with Crippen molar-refractivity contribution in [2.24, 2.45) is 0 Å². The van der Waals surface area contributed by atoms with Crippen molar-refractivity contribution in [3.05, 3.63) is 53.1 Å². The number of carbonyl (C=O) groups excluding carboxylic acids is 2. The van der Waals surface area contributed by atoms with Crippen LogP contribution >= 0.6 is 0 Å². The predicted octanol–water partition coefficient (Wildman–Crippen LogP) is 3.91. The van der Waals surface area contributed by atoms with E-state index in [9.17, 15) is 14.0 Å². The molecule has 1 saturated carbocycles. The summed E-state index contributed by atoms with van der Waals surface area (Å²) in [5.41, 5.74) is 2.16. The molecule has 6 nitrogen and oxygen atoms in total. The number of aromatic nitrogens is 2. The van der Waals surface area contributed by atoms with Crippen LogP contribution in [-0.4, -0.2) is 39.5 Å². The van der Waals surface area contributed by atoms with Gasteiger partial charge in [0.05, 0.1) is 11.7 Å². The number of halogens is 1. The monoisotopic (exact) mass is 412 g/mol. The third-order valence-corrected chi connectivity index (χ3v) is 6.24. The summed E-state index contributed by atoms with van der Waals surface area (Å²) in [5.74, 6) is -0.335. The molecule has 1 aliphatic carbocycles. The van der Waals surface area contributed by atoms with Gasteiger partial charge in [-0.25, -0.2) is 4.39 Å². The number of rotatable bonds is 6. The zero-order chi connectivity index (χ0) is 20.9. The maximum absolute atomic E-state index is 13.1. The summed E-state index contributed by atoms with van der Waals surface area (Å²) in [6.07, 6.45) is 8.21. The van der Waals surface area contributed by atoms with Crippen LogP contribution in [0, 0.1) is 5.82 Å². The lowest BCUT2D eigenvalue weighted by Gasteiger charge is -2.35. The van der Waals surface area contributed by atoms with Crippen molar-refractivity contribution in [2.45, 2.75) is 69.9 Å². The van der Waals surface area contributed by atoms with Crippen molar-refractivity contribution in [3.63, 3.8) is 0 Å². The fourth-order valence-electron chi connectivity index (χ4n) is 4.55. The summed E-state index contributed by atoms with van der Waals surface area (Å²) < 4.78 is 13.1. The molecule has 4 rings (SSSR count). The van der Waals surface area contributed by atoms with Crippen LogP contribution in [0.15, 0.2) is 30.3 Å².